The summed E-state index contributed by atoms with van der Waals surface area (Å²) in [6, 6.07) is -0.962. The van der Waals surface area contributed by atoms with Crippen LogP contribution in [-0.4, -0.2) is 71.0 Å². The van der Waals surface area contributed by atoms with E-state index >= 15 is 0 Å². The van der Waals surface area contributed by atoms with Crippen LogP contribution in [-0.2, 0) is 33.9 Å². The van der Waals surface area contributed by atoms with Gasteiger partial charge in [0.15, 0.2) is 5.78 Å². The summed E-state index contributed by atoms with van der Waals surface area (Å²) in [5.41, 5.74) is -1.94. The van der Waals surface area contributed by atoms with Crippen molar-refractivity contribution in [2.45, 2.75) is 128 Å². The standard InChI is InChI=1S/C32H50N2O8S/c1-7-21-14-20(2)10-8-9-11-22-17-32(22,29(39)33-43(40,41)31(6)12-13-31)18-26(36)25-15-23(35)19-34(25)28(38)24(21)16-27(37)42-30(3,4)5/h9,11,20-25,35H,7-8,10,12-19H2,1-6H3,(H,33,39)/b11-9-/t20?,21-,22-,23-,24+,25+,32-/m1/s1. The van der Waals surface area contributed by atoms with Crippen molar-refractivity contribution in [3.63, 3.8) is 0 Å². The summed E-state index contributed by atoms with van der Waals surface area (Å²) in [7, 11) is -3.90. The number of ether oxygens (including phenoxy) is 1. The average molecular weight is 623 g/mol. The van der Waals surface area contributed by atoms with Gasteiger partial charge < -0.3 is 14.7 Å². The monoisotopic (exact) mass is 622 g/mol. The molecule has 2 heterocycles. The third kappa shape index (κ3) is 7.52. The van der Waals surface area contributed by atoms with Gasteiger partial charge in [0.05, 0.1) is 34.6 Å². The third-order valence-electron chi connectivity index (χ3n) is 9.96. The molecule has 242 valence electrons. The molecule has 2 amide bonds. The number of amides is 2. The van der Waals surface area contributed by atoms with Gasteiger partial charge in [-0.05, 0) is 84.0 Å². The molecule has 3 fully saturated rings. The van der Waals surface area contributed by atoms with Crippen LogP contribution in [0.3, 0.4) is 0 Å². The number of aliphatic hydroxyl groups is 1. The molecular weight excluding hydrogens is 572 g/mol. The normalized spacial score (nSPS) is 35.6. The van der Waals surface area contributed by atoms with Crippen molar-refractivity contribution in [2.75, 3.05) is 6.54 Å². The Kier molecular flexibility index (Phi) is 9.58. The lowest BCUT2D eigenvalue weighted by Gasteiger charge is -2.33. The van der Waals surface area contributed by atoms with Gasteiger partial charge in [0.2, 0.25) is 21.8 Å². The molecule has 2 saturated carbocycles. The molecule has 2 N–H and O–H groups in total. The fourth-order valence-corrected chi connectivity index (χ4v) is 8.17. The quantitative estimate of drug-likeness (QED) is 0.337. The first-order valence-corrected chi connectivity index (χ1v) is 17.4. The number of Topliss-reactive ketones (excluding diaryl/α,β-unsaturated/α-hetero) is 1. The summed E-state index contributed by atoms with van der Waals surface area (Å²) in [5.74, 6) is -2.80. The fraction of sp³-hybridized carbons (Fsp3) is 0.812. The highest BCUT2D eigenvalue weighted by Crippen LogP contribution is 2.57. The van der Waals surface area contributed by atoms with Crippen molar-refractivity contribution in [2.24, 2.45) is 29.1 Å². The number of sulfonamides is 1. The molecule has 0 spiro atoms. The second kappa shape index (κ2) is 12.3. The Morgan fingerprint density at radius 3 is 2.47 bits per heavy atom. The molecule has 2 aliphatic carbocycles. The number of carbonyl (C=O) groups is 4. The van der Waals surface area contributed by atoms with E-state index in [0.717, 1.165) is 12.8 Å². The van der Waals surface area contributed by atoms with E-state index in [9.17, 15) is 32.7 Å². The molecule has 1 unspecified atom stereocenters. The number of ketones is 1. The highest BCUT2D eigenvalue weighted by molar-refractivity contribution is 7.91. The SMILES string of the molecule is CC[C@@H]1CC(C)CC/C=C\[C@@H]2C[C@@]2(C(=O)NS(=O)(=O)C2(C)CC2)CC(=O)[C@@H]2C[C@@H](O)CN2C(=O)[C@H]1CC(=O)OC(C)(C)C. The van der Waals surface area contributed by atoms with Crippen molar-refractivity contribution in [1.82, 2.24) is 9.62 Å². The van der Waals surface area contributed by atoms with Gasteiger partial charge >= 0.3 is 5.97 Å². The number of esters is 1. The Balaban J connectivity index is 1.65. The Morgan fingerprint density at radius 1 is 1.19 bits per heavy atom. The van der Waals surface area contributed by atoms with Gasteiger partial charge in [-0.1, -0.05) is 32.4 Å². The van der Waals surface area contributed by atoms with Crippen LogP contribution in [0.15, 0.2) is 12.2 Å². The third-order valence-corrected chi connectivity index (χ3v) is 12.1. The molecule has 1 saturated heterocycles. The lowest BCUT2D eigenvalue weighted by Crippen LogP contribution is -2.48. The molecule has 0 aromatic heterocycles. The van der Waals surface area contributed by atoms with E-state index in [-0.39, 0.29) is 55.3 Å². The predicted octanol–water partition coefficient (Wildman–Crippen LogP) is 3.66. The number of aliphatic hydroxyl groups excluding tert-OH is 1. The summed E-state index contributed by atoms with van der Waals surface area (Å²) >= 11 is 0. The Bertz CT molecular complexity index is 1250. The maximum absolute atomic E-state index is 14.2. The Hall–Kier alpha value is -2.27. The molecule has 4 rings (SSSR count). The molecule has 43 heavy (non-hydrogen) atoms. The summed E-state index contributed by atoms with van der Waals surface area (Å²) in [6.45, 7) is 11.0. The van der Waals surface area contributed by atoms with Gasteiger partial charge in [-0.25, -0.2) is 8.42 Å². The Labute approximate surface area is 256 Å². The van der Waals surface area contributed by atoms with E-state index in [4.69, 9.17) is 4.74 Å². The topological polar surface area (TPSA) is 147 Å². The largest absolute Gasteiger partial charge is 0.460 e. The summed E-state index contributed by atoms with van der Waals surface area (Å²) < 4.78 is 32.7. The van der Waals surface area contributed by atoms with Gasteiger partial charge in [-0.15, -0.1) is 0 Å². The van der Waals surface area contributed by atoms with Crippen LogP contribution in [0.25, 0.3) is 0 Å². The zero-order valence-electron chi connectivity index (χ0n) is 26.6. The van der Waals surface area contributed by atoms with Crippen LogP contribution < -0.4 is 4.72 Å². The number of nitrogens with one attached hydrogen (secondary N) is 1. The van der Waals surface area contributed by atoms with Crippen LogP contribution in [0, 0.1) is 29.1 Å². The Morgan fingerprint density at radius 2 is 1.86 bits per heavy atom. The second-order valence-electron chi connectivity index (χ2n) is 14.8. The molecule has 0 aromatic carbocycles. The van der Waals surface area contributed by atoms with Gasteiger partial charge in [0, 0.05) is 19.4 Å². The molecular formula is C32H50N2O8S. The number of allylic oxidation sites excluding steroid dienone is 2. The van der Waals surface area contributed by atoms with Gasteiger partial charge in [0.25, 0.3) is 0 Å². The number of hydrogen-bond donors (Lipinski definition) is 2. The van der Waals surface area contributed by atoms with Crippen molar-refractivity contribution in [3.8, 4) is 0 Å². The first-order chi connectivity index (χ1) is 19.9. The van der Waals surface area contributed by atoms with Crippen LogP contribution >= 0.6 is 0 Å². The van der Waals surface area contributed by atoms with Crippen LogP contribution in [0.1, 0.15) is 106 Å². The van der Waals surface area contributed by atoms with E-state index in [1.165, 1.54) is 4.90 Å². The van der Waals surface area contributed by atoms with E-state index in [0.29, 0.717) is 32.1 Å². The molecule has 11 heteroatoms. The summed E-state index contributed by atoms with van der Waals surface area (Å²) in [5, 5.41) is 10.6. The van der Waals surface area contributed by atoms with E-state index in [1.54, 1.807) is 27.7 Å². The first kappa shape index (κ1) is 33.6. The van der Waals surface area contributed by atoms with Crippen LogP contribution in [0.5, 0.6) is 0 Å². The number of rotatable bonds is 6. The summed E-state index contributed by atoms with van der Waals surface area (Å²) in [6.07, 6.45) is 6.93. The average Bonchev–Trinajstić information content (AvgIpc) is 3.77. The zero-order chi connectivity index (χ0) is 32.0. The van der Waals surface area contributed by atoms with Crippen molar-refractivity contribution < 1.29 is 37.4 Å². The molecule has 10 nitrogen and oxygen atoms in total. The van der Waals surface area contributed by atoms with Crippen LogP contribution in [0.4, 0.5) is 0 Å². The predicted molar refractivity (Wildman–Crippen MR) is 161 cm³/mol. The van der Waals surface area contributed by atoms with Crippen molar-refractivity contribution in [3.05, 3.63) is 12.2 Å². The van der Waals surface area contributed by atoms with Crippen molar-refractivity contribution >= 4 is 33.6 Å². The molecule has 2 aliphatic heterocycles. The molecule has 0 aromatic rings. The number of fused-ring (bicyclic) bond motifs is 2. The van der Waals surface area contributed by atoms with Gasteiger partial charge in [-0.3, -0.25) is 23.9 Å². The number of hydrogen-bond acceptors (Lipinski definition) is 8. The number of carbonyl (C=O) groups excluding carboxylic acids is 4. The van der Waals surface area contributed by atoms with Crippen LogP contribution in [0.2, 0.25) is 0 Å². The second-order valence-corrected chi connectivity index (χ2v) is 17.0. The van der Waals surface area contributed by atoms with Gasteiger partial charge in [0.1, 0.15) is 5.60 Å². The molecule has 7 atom stereocenters. The first-order valence-electron chi connectivity index (χ1n) is 15.9. The maximum Gasteiger partial charge on any atom is 0.307 e. The molecule has 0 radical (unpaired) electrons. The van der Waals surface area contributed by atoms with Gasteiger partial charge in [-0.2, -0.15) is 0 Å². The van der Waals surface area contributed by atoms with E-state index < -0.39 is 55.7 Å². The molecule has 4 aliphatic rings. The minimum atomic E-state index is -3.90. The maximum atomic E-state index is 14.2. The fourth-order valence-electron chi connectivity index (χ4n) is 6.84. The zero-order valence-corrected chi connectivity index (χ0v) is 27.4. The van der Waals surface area contributed by atoms with E-state index in [1.807, 2.05) is 19.1 Å². The van der Waals surface area contributed by atoms with E-state index in [2.05, 4.69) is 11.6 Å². The van der Waals surface area contributed by atoms with Crippen molar-refractivity contribution in [1.29, 1.82) is 0 Å². The minimum absolute atomic E-state index is 0.0332. The lowest BCUT2D eigenvalue weighted by molar-refractivity contribution is -0.160. The highest BCUT2D eigenvalue weighted by atomic mass is 32.2. The smallest absolute Gasteiger partial charge is 0.307 e. The number of nitrogens with zero attached hydrogens (tertiary/aromatic N) is 1. The lowest BCUT2D eigenvalue weighted by atomic mass is 9.79. The minimum Gasteiger partial charge on any atom is -0.460 e. The summed E-state index contributed by atoms with van der Waals surface area (Å²) in [4.78, 5) is 56.1. The highest BCUT2D eigenvalue weighted by Gasteiger charge is 2.62. The molecule has 0 bridgehead atoms.